The highest BCUT2D eigenvalue weighted by atomic mass is 14.7. The van der Waals surface area contributed by atoms with E-state index in [1.807, 2.05) is 18.2 Å². The molecule has 1 rings (SSSR count). The molecule has 0 aromatic carbocycles. The normalized spacial score (nSPS) is 10.8. The van der Waals surface area contributed by atoms with Crippen molar-refractivity contribution in [3.05, 3.63) is 30.1 Å². The summed E-state index contributed by atoms with van der Waals surface area (Å²) < 4.78 is 0. The van der Waals surface area contributed by atoms with Gasteiger partial charge in [0.25, 0.3) is 0 Å². The molecule has 0 saturated carbocycles. The topological polar surface area (TPSA) is 51.3 Å². The van der Waals surface area contributed by atoms with Crippen molar-refractivity contribution < 1.29 is 0 Å². The van der Waals surface area contributed by atoms with E-state index >= 15 is 0 Å². The molecule has 12 heavy (non-hydrogen) atoms. The fraction of sp³-hybridized carbons (Fsp3) is 0.333. The van der Waals surface area contributed by atoms with Gasteiger partial charge in [0.2, 0.25) is 0 Å². The fourth-order valence-electron chi connectivity index (χ4n) is 0.793. The second-order valence-corrected chi connectivity index (χ2v) is 2.43. The van der Waals surface area contributed by atoms with Crippen LogP contribution in [0.2, 0.25) is 0 Å². The average molecular weight is 163 g/mol. The molecule has 0 bridgehead atoms. The number of hydrogen-bond acceptors (Lipinski definition) is 3. The molecule has 1 aromatic rings. The molecule has 1 aromatic heterocycles. The number of rotatable bonds is 4. The Labute approximate surface area is 72.3 Å². The van der Waals surface area contributed by atoms with Crippen LogP contribution >= 0.6 is 0 Å². The number of aromatic nitrogens is 1. The predicted octanol–water partition coefficient (Wildman–Crippen LogP) is 0.849. The van der Waals surface area contributed by atoms with E-state index in [9.17, 15) is 0 Å². The lowest BCUT2D eigenvalue weighted by molar-refractivity contribution is 0.847. The minimum Gasteiger partial charge on any atom is -0.330 e. The van der Waals surface area contributed by atoms with Crippen LogP contribution in [0.3, 0.4) is 0 Å². The van der Waals surface area contributed by atoms with Crippen LogP contribution in [0.5, 0.6) is 0 Å². The van der Waals surface area contributed by atoms with Gasteiger partial charge in [0.1, 0.15) is 0 Å². The molecular weight excluding hydrogens is 150 g/mol. The fourth-order valence-corrected chi connectivity index (χ4v) is 0.793. The Hall–Kier alpha value is -1.22. The maximum absolute atomic E-state index is 5.32. The quantitative estimate of drug-likeness (QED) is 0.528. The van der Waals surface area contributed by atoms with Crippen molar-refractivity contribution >= 4 is 6.21 Å². The highest BCUT2D eigenvalue weighted by molar-refractivity contribution is 5.76. The second kappa shape index (κ2) is 5.43. The van der Waals surface area contributed by atoms with Crippen molar-refractivity contribution in [2.75, 3.05) is 13.1 Å². The van der Waals surface area contributed by atoms with Crippen LogP contribution in [0.1, 0.15) is 12.1 Å². The maximum atomic E-state index is 5.32. The molecule has 0 aliphatic heterocycles. The summed E-state index contributed by atoms with van der Waals surface area (Å²) in [6.45, 7) is 1.48. The number of nitrogens with two attached hydrogens (primary N) is 1. The van der Waals surface area contributed by atoms with Gasteiger partial charge >= 0.3 is 0 Å². The summed E-state index contributed by atoms with van der Waals surface area (Å²) in [5.74, 6) is 0. The first kappa shape index (κ1) is 8.87. The molecule has 0 atom stereocenters. The number of pyridine rings is 1. The summed E-state index contributed by atoms with van der Waals surface area (Å²) in [4.78, 5) is 8.26. The lowest BCUT2D eigenvalue weighted by Crippen LogP contribution is -2.00. The summed E-state index contributed by atoms with van der Waals surface area (Å²) in [6.07, 6.45) is 4.46. The van der Waals surface area contributed by atoms with Crippen LogP contribution in [0, 0.1) is 0 Å². The van der Waals surface area contributed by atoms with Gasteiger partial charge in [0, 0.05) is 19.0 Å². The van der Waals surface area contributed by atoms with Gasteiger partial charge in [0.05, 0.1) is 5.69 Å². The molecule has 0 aliphatic rings. The van der Waals surface area contributed by atoms with Crippen LogP contribution in [0.25, 0.3) is 0 Å². The third-order valence-corrected chi connectivity index (χ3v) is 1.40. The van der Waals surface area contributed by atoms with E-state index in [1.54, 1.807) is 12.4 Å². The van der Waals surface area contributed by atoms with Gasteiger partial charge in [-0.1, -0.05) is 6.07 Å². The minimum atomic E-state index is 0.694. The van der Waals surface area contributed by atoms with Crippen LogP contribution in [0.15, 0.2) is 29.4 Å². The average Bonchev–Trinajstić information content (AvgIpc) is 2.14. The van der Waals surface area contributed by atoms with Crippen molar-refractivity contribution in [3.63, 3.8) is 0 Å². The van der Waals surface area contributed by atoms with Gasteiger partial charge in [-0.15, -0.1) is 0 Å². The van der Waals surface area contributed by atoms with Crippen LogP contribution in [-0.2, 0) is 0 Å². The highest BCUT2D eigenvalue weighted by Gasteiger charge is 1.84. The molecule has 0 aliphatic carbocycles. The first-order chi connectivity index (χ1) is 5.93. The van der Waals surface area contributed by atoms with E-state index in [2.05, 4.69) is 9.98 Å². The summed E-state index contributed by atoms with van der Waals surface area (Å²) in [5.41, 5.74) is 6.22. The van der Waals surface area contributed by atoms with E-state index in [4.69, 9.17) is 5.73 Å². The molecule has 0 fully saturated rings. The molecular formula is C9H13N3. The number of nitrogens with zero attached hydrogens (tertiary/aromatic N) is 2. The number of hydrogen-bond donors (Lipinski definition) is 1. The zero-order chi connectivity index (χ0) is 8.65. The Morgan fingerprint density at radius 3 is 3.08 bits per heavy atom. The molecule has 3 nitrogen and oxygen atoms in total. The van der Waals surface area contributed by atoms with E-state index in [1.165, 1.54) is 0 Å². The smallest absolute Gasteiger partial charge is 0.0807 e. The summed E-state index contributed by atoms with van der Waals surface area (Å²) >= 11 is 0. The van der Waals surface area contributed by atoms with Gasteiger partial charge in [-0.2, -0.15) is 0 Å². The van der Waals surface area contributed by atoms with Gasteiger partial charge in [0.15, 0.2) is 0 Å². The van der Waals surface area contributed by atoms with E-state index in [-0.39, 0.29) is 0 Å². The molecule has 0 unspecified atom stereocenters. The first-order valence-electron chi connectivity index (χ1n) is 4.04. The molecule has 1 heterocycles. The molecule has 3 heteroatoms. The van der Waals surface area contributed by atoms with Crippen LogP contribution < -0.4 is 5.73 Å². The van der Waals surface area contributed by atoms with Crippen LogP contribution in [0.4, 0.5) is 0 Å². The molecule has 64 valence electrons. The Bertz CT molecular complexity index is 231. The van der Waals surface area contributed by atoms with Gasteiger partial charge in [-0.3, -0.25) is 9.98 Å². The van der Waals surface area contributed by atoms with Crippen molar-refractivity contribution in [3.8, 4) is 0 Å². The third kappa shape index (κ3) is 3.25. The lowest BCUT2D eigenvalue weighted by atomic mass is 10.4. The van der Waals surface area contributed by atoms with Crippen molar-refractivity contribution in [2.24, 2.45) is 10.7 Å². The minimum absolute atomic E-state index is 0.694. The Balaban J connectivity index is 2.36. The SMILES string of the molecule is NCCCN=Cc1ccccn1. The molecule has 0 spiro atoms. The monoisotopic (exact) mass is 163 g/mol. The number of aliphatic imine (C=N–C) groups is 1. The lowest BCUT2D eigenvalue weighted by Gasteiger charge is -1.90. The Morgan fingerprint density at radius 2 is 2.42 bits per heavy atom. The van der Waals surface area contributed by atoms with Crippen molar-refractivity contribution in [2.45, 2.75) is 6.42 Å². The largest absolute Gasteiger partial charge is 0.330 e. The van der Waals surface area contributed by atoms with Gasteiger partial charge < -0.3 is 5.73 Å². The molecule has 0 saturated heterocycles. The first-order valence-corrected chi connectivity index (χ1v) is 4.04. The maximum Gasteiger partial charge on any atom is 0.0807 e. The predicted molar refractivity (Wildman–Crippen MR) is 50.4 cm³/mol. The van der Waals surface area contributed by atoms with E-state index < -0.39 is 0 Å². The summed E-state index contributed by atoms with van der Waals surface area (Å²) in [5, 5.41) is 0. The Kier molecular flexibility index (Phi) is 4.02. The van der Waals surface area contributed by atoms with Crippen molar-refractivity contribution in [1.82, 2.24) is 4.98 Å². The van der Waals surface area contributed by atoms with Gasteiger partial charge in [-0.05, 0) is 25.1 Å². The summed E-state index contributed by atoms with van der Waals surface area (Å²) in [7, 11) is 0. The zero-order valence-corrected chi connectivity index (χ0v) is 6.98. The zero-order valence-electron chi connectivity index (χ0n) is 6.98. The Morgan fingerprint density at radius 1 is 1.50 bits per heavy atom. The molecule has 2 N–H and O–H groups in total. The summed E-state index contributed by atoms with van der Waals surface area (Å²) in [6, 6.07) is 5.75. The van der Waals surface area contributed by atoms with E-state index in [0.29, 0.717) is 6.54 Å². The standard InChI is InChI=1S/C9H13N3/c10-5-3-6-11-8-9-4-1-2-7-12-9/h1-2,4,7-8H,3,5-6,10H2. The molecule has 0 radical (unpaired) electrons. The third-order valence-electron chi connectivity index (χ3n) is 1.40. The van der Waals surface area contributed by atoms with Crippen LogP contribution in [-0.4, -0.2) is 24.3 Å². The highest BCUT2D eigenvalue weighted by Crippen LogP contribution is 1.88. The van der Waals surface area contributed by atoms with Crippen molar-refractivity contribution in [1.29, 1.82) is 0 Å². The van der Waals surface area contributed by atoms with E-state index in [0.717, 1.165) is 18.7 Å². The second-order valence-electron chi connectivity index (χ2n) is 2.43. The van der Waals surface area contributed by atoms with Gasteiger partial charge in [-0.25, -0.2) is 0 Å². The molecule has 0 amide bonds.